The molecule has 0 fully saturated rings. The van der Waals surface area contributed by atoms with Gasteiger partial charge in [-0.1, -0.05) is 6.08 Å². The Kier molecular flexibility index (Phi) is 6.04. The van der Waals surface area contributed by atoms with Crippen molar-refractivity contribution < 1.29 is 13.6 Å². The van der Waals surface area contributed by atoms with Crippen LogP contribution < -0.4 is 0 Å². The van der Waals surface area contributed by atoms with E-state index in [2.05, 4.69) is 4.99 Å². The summed E-state index contributed by atoms with van der Waals surface area (Å²) in [7, 11) is 0. The largest absolute Gasteiger partial charge is 0.294 e. The number of Topliss-reactive ketones (excluding diaryl/α,β-unsaturated/α-hetero) is 1. The molecule has 0 saturated carbocycles. The zero-order valence-corrected chi connectivity index (χ0v) is 18.3. The fourth-order valence-corrected chi connectivity index (χ4v) is 4.01. The number of nitrogens with zero attached hydrogens (tertiary/aromatic N) is 3. The van der Waals surface area contributed by atoms with Crippen molar-refractivity contribution in [3.8, 4) is 22.5 Å². The van der Waals surface area contributed by atoms with E-state index in [9.17, 15) is 13.6 Å². The molecule has 4 aromatic rings. The second-order valence-corrected chi connectivity index (χ2v) is 8.20. The van der Waals surface area contributed by atoms with E-state index < -0.39 is 0 Å². The molecule has 0 saturated heterocycles. The second-order valence-electron chi connectivity index (χ2n) is 8.20. The monoisotopic (exact) mass is 453 g/mol. The molecule has 1 aromatic heterocycles. The molecule has 6 heteroatoms. The molecule has 0 atom stereocenters. The van der Waals surface area contributed by atoms with Crippen LogP contribution in [-0.4, -0.2) is 21.5 Å². The number of halogens is 2. The average molecular weight is 453 g/mol. The first-order chi connectivity index (χ1) is 16.6. The van der Waals surface area contributed by atoms with Crippen LogP contribution in [0.3, 0.4) is 0 Å². The normalized spacial score (nSPS) is 12.8. The highest BCUT2D eigenvalue weighted by Gasteiger charge is 2.15. The van der Waals surface area contributed by atoms with Crippen molar-refractivity contribution in [2.24, 2.45) is 4.99 Å². The Labute approximate surface area is 195 Å². The molecule has 3 aromatic carbocycles. The molecule has 0 aliphatic carbocycles. The molecule has 0 N–H and O–H groups in total. The SMILES string of the molecule is O=C(CCCC1=NC=CC1)c1ccc2nc(-c3ccc(F)cc3)c(-c3ccc(F)cc3)nc2c1. The van der Waals surface area contributed by atoms with Crippen LogP contribution in [0.2, 0.25) is 0 Å². The highest BCUT2D eigenvalue weighted by atomic mass is 19.1. The standard InChI is InChI=1S/C28H21F2N3O/c29-21-11-6-18(7-12-21)27-28(19-8-13-22(30)14-9-19)33-25-17-20(10-15-24(25)32-27)26(34)5-1-3-23-4-2-16-31-23/h2,6-17H,1,3-5H2. The smallest absolute Gasteiger partial charge is 0.162 e. The average Bonchev–Trinajstić information content (AvgIpc) is 3.37. The summed E-state index contributed by atoms with van der Waals surface area (Å²) >= 11 is 0. The summed E-state index contributed by atoms with van der Waals surface area (Å²) in [6, 6.07) is 17.3. The van der Waals surface area contributed by atoms with Crippen molar-refractivity contribution in [1.29, 1.82) is 0 Å². The van der Waals surface area contributed by atoms with Crippen molar-refractivity contribution in [3.05, 3.63) is 96.2 Å². The minimum absolute atomic E-state index is 0.0428. The van der Waals surface area contributed by atoms with Gasteiger partial charge in [0.1, 0.15) is 11.6 Å². The summed E-state index contributed by atoms with van der Waals surface area (Å²) in [5, 5.41) is 0. The Morgan fingerprint density at radius 3 is 2.00 bits per heavy atom. The predicted molar refractivity (Wildman–Crippen MR) is 130 cm³/mol. The quantitative estimate of drug-likeness (QED) is 0.284. The number of benzene rings is 3. The second kappa shape index (κ2) is 9.43. The van der Waals surface area contributed by atoms with Gasteiger partial charge in [-0.2, -0.15) is 0 Å². The maximum absolute atomic E-state index is 13.5. The van der Waals surface area contributed by atoms with Crippen LogP contribution in [0.25, 0.3) is 33.5 Å². The van der Waals surface area contributed by atoms with Crippen LogP contribution in [0.1, 0.15) is 36.0 Å². The van der Waals surface area contributed by atoms with E-state index in [1.54, 1.807) is 48.7 Å². The van der Waals surface area contributed by atoms with Crippen LogP contribution in [0.4, 0.5) is 8.78 Å². The maximum atomic E-state index is 13.5. The van der Waals surface area contributed by atoms with Crippen molar-refractivity contribution in [2.75, 3.05) is 0 Å². The van der Waals surface area contributed by atoms with Crippen molar-refractivity contribution in [1.82, 2.24) is 9.97 Å². The number of aliphatic imine (C=N–C) groups is 1. The van der Waals surface area contributed by atoms with Gasteiger partial charge in [0.25, 0.3) is 0 Å². The third-order valence-corrected chi connectivity index (χ3v) is 5.81. The molecular formula is C28H21F2N3O. The molecule has 5 rings (SSSR count). The van der Waals surface area contributed by atoms with Crippen LogP contribution in [-0.2, 0) is 0 Å². The first-order valence-electron chi connectivity index (χ1n) is 11.1. The lowest BCUT2D eigenvalue weighted by Crippen LogP contribution is -2.03. The summed E-state index contributed by atoms with van der Waals surface area (Å²) in [6.45, 7) is 0. The van der Waals surface area contributed by atoms with Gasteiger partial charge in [0.2, 0.25) is 0 Å². The van der Waals surface area contributed by atoms with Crippen LogP contribution in [0, 0.1) is 11.6 Å². The van der Waals surface area contributed by atoms with Gasteiger partial charge in [0, 0.05) is 41.4 Å². The number of rotatable bonds is 7. The Bertz CT molecular complexity index is 1430. The van der Waals surface area contributed by atoms with E-state index in [4.69, 9.17) is 9.97 Å². The molecule has 0 amide bonds. The zero-order valence-electron chi connectivity index (χ0n) is 18.3. The Hall–Kier alpha value is -4.06. The van der Waals surface area contributed by atoms with E-state index in [0.717, 1.165) is 25.0 Å². The number of carbonyl (C=O) groups excluding carboxylic acids is 1. The summed E-state index contributed by atoms with van der Waals surface area (Å²) in [5.74, 6) is -0.658. The van der Waals surface area contributed by atoms with Gasteiger partial charge in [0.15, 0.2) is 5.78 Å². The fraction of sp³-hybridized carbons (Fsp3) is 0.143. The highest BCUT2D eigenvalue weighted by Crippen LogP contribution is 2.31. The highest BCUT2D eigenvalue weighted by molar-refractivity contribution is 5.99. The number of hydrogen-bond acceptors (Lipinski definition) is 4. The van der Waals surface area contributed by atoms with Crippen molar-refractivity contribution >= 4 is 22.5 Å². The summed E-state index contributed by atoms with van der Waals surface area (Å²) in [4.78, 5) is 26.7. The molecule has 0 bridgehead atoms. The fourth-order valence-electron chi connectivity index (χ4n) is 4.01. The van der Waals surface area contributed by atoms with Gasteiger partial charge in [-0.05, 0) is 79.6 Å². The van der Waals surface area contributed by atoms with E-state index in [1.165, 1.54) is 24.3 Å². The molecule has 0 unspecified atom stereocenters. The van der Waals surface area contributed by atoms with Crippen LogP contribution >= 0.6 is 0 Å². The molecule has 1 aliphatic heterocycles. The van der Waals surface area contributed by atoms with Gasteiger partial charge in [0.05, 0.1) is 22.4 Å². The predicted octanol–water partition coefficient (Wildman–Crippen LogP) is 6.95. The van der Waals surface area contributed by atoms with Gasteiger partial charge in [-0.3, -0.25) is 9.79 Å². The van der Waals surface area contributed by atoms with Gasteiger partial charge in [-0.25, -0.2) is 18.7 Å². The summed E-state index contributed by atoms with van der Waals surface area (Å²) < 4.78 is 27.0. The molecule has 34 heavy (non-hydrogen) atoms. The van der Waals surface area contributed by atoms with Crippen molar-refractivity contribution in [2.45, 2.75) is 25.7 Å². The summed E-state index contributed by atoms with van der Waals surface area (Å²) in [6.07, 6.45) is 6.66. The first kappa shape index (κ1) is 21.8. The minimum atomic E-state index is -0.354. The number of hydrogen-bond donors (Lipinski definition) is 0. The molecule has 1 aliphatic rings. The first-order valence-corrected chi connectivity index (χ1v) is 11.1. The number of ketones is 1. The van der Waals surface area contributed by atoms with Crippen molar-refractivity contribution in [3.63, 3.8) is 0 Å². The lowest BCUT2D eigenvalue weighted by Gasteiger charge is -2.11. The molecule has 0 radical (unpaired) electrons. The van der Waals surface area contributed by atoms with Crippen LogP contribution in [0.15, 0.2) is 84.0 Å². The molecular weight excluding hydrogens is 432 g/mol. The third kappa shape index (κ3) is 4.66. The maximum Gasteiger partial charge on any atom is 0.162 e. The Balaban J connectivity index is 1.50. The van der Waals surface area contributed by atoms with E-state index in [1.807, 2.05) is 6.08 Å². The van der Waals surface area contributed by atoms with E-state index >= 15 is 0 Å². The third-order valence-electron chi connectivity index (χ3n) is 5.81. The molecule has 2 heterocycles. The van der Waals surface area contributed by atoms with Crippen LogP contribution in [0.5, 0.6) is 0 Å². The Morgan fingerprint density at radius 1 is 0.794 bits per heavy atom. The molecule has 168 valence electrons. The molecule has 4 nitrogen and oxygen atoms in total. The summed E-state index contributed by atoms with van der Waals surface area (Å²) in [5.41, 5.74) is 5.34. The number of aromatic nitrogens is 2. The number of fused-ring (bicyclic) bond motifs is 1. The lowest BCUT2D eigenvalue weighted by atomic mass is 10.0. The van der Waals surface area contributed by atoms with Gasteiger partial charge in [-0.15, -0.1) is 0 Å². The minimum Gasteiger partial charge on any atom is -0.294 e. The van der Waals surface area contributed by atoms with Gasteiger partial charge < -0.3 is 0 Å². The van der Waals surface area contributed by atoms with E-state index in [-0.39, 0.29) is 17.4 Å². The zero-order chi connectivity index (χ0) is 23.5. The lowest BCUT2D eigenvalue weighted by molar-refractivity contribution is 0.0981. The Morgan fingerprint density at radius 2 is 1.41 bits per heavy atom. The molecule has 0 spiro atoms. The topological polar surface area (TPSA) is 55.2 Å². The number of carbonyl (C=O) groups is 1. The van der Waals surface area contributed by atoms with E-state index in [0.29, 0.717) is 45.5 Å². The van der Waals surface area contributed by atoms with Gasteiger partial charge >= 0.3 is 0 Å². The number of allylic oxidation sites excluding steroid dienone is 1.